The summed E-state index contributed by atoms with van der Waals surface area (Å²) < 4.78 is 5.83. The molecule has 0 saturated heterocycles. The van der Waals surface area contributed by atoms with Gasteiger partial charge in [0.15, 0.2) is 11.6 Å². The van der Waals surface area contributed by atoms with Gasteiger partial charge in [-0.3, -0.25) is 14.5 Å². The topological polar surface area (TPSA) is 127 Å². The Morgan fingerprint density at radius 2 is 1.22 bits per heavy atom. The van der Waals surface area contributed by atoms with E-state index in [4.69, 9.17) is 16.9 Å². The van der Waals surface area contributed by atoms with E-state index in [1.165, 1.54) is 0 Å². The van der Waals surface area contributed by atoms with Crippen LogP contribution < -0.4 is 5.73 Å². The average molecular weight is 725 g/mol. The molecule has 6 aromatic rings. The highest BCUT2D eigenvalue weighted by molar-refractivity contribution is 6.15. The van der Waals surface area contributed by atoms with E-state index in [2.05, 4.69) is 5.92 Å². The first-order valence-electron chi connectivity index (χ1n) is 17.8. The van der Waals surface area contributed by atoms with E-state index in [0.29, 0.717) is 38.9 Å². The Bertz CT molecular complexity index is 2410. The van der Waals surface area contributed by atoms with Gasteiger partial charge in [-0.15, -0.1) is 6.42 Å². The number of carbonyl (C=O) groups is 4. The lowest BCUT2D eigenvalue weighted by atomic mass is 9.88. The van der Waals surface area contributed by atoms with Crippen molar-refractivity contribution < 1.29 is 29.0 Å². The summed E-state index contributed by atoms with van der Waals surface area (Å²) in [5.74, 6) is 0.402. The number of nitrogens with zero attached hydrogens (tertiary/aromatic N) is 1. The zero-order valence-corrected chi connectivity index (χ0v) is 29.7. The molecule has 0 heterocycles. The predicted octanol–water partition coefficient (Wildman–Crippen LogP) is 8.28. The minimum absolute atomic E-state index is 0.0222. The van der Waals surface area contributed by atoms with Crippen LogP contribution in [-0.2, 0) is 16.0 Å². The van der Waals surface area contributed by atoms with Gasteiger partial charge in [-0.25, -0.2) is 9.59 Å². The average Bonchev–Trinajstić information content (AvgIpc) is 3.55. The molecule has 0 saturated carbocycles. The minimum Gasteiger partial charge on any atom is -0.480 e. The number of rotatable bonds is 12. The van der Waals surface area contributed by atoms with Crippen molar-refractivity contribution in [2.24, 2.45) is 0 Å². The molecule has 1 aliphatic carbocycles. The van der Waals surface area contributed by atoms with Gasteiger partial charge in [0.2, 0.25) is 0 Å². The van der Waals surface area contributed by atoms with Crippen molar-refractivity contribution in [1.29, 1.82) is 0 Å². The fourth-order valence-electron chi connectivity index (χ4n) is 7.25. The van der Waals surface area contributed by atoms with Crippen molar-refractivity contribution in [3.05, 3.63) is 185 Å². The van der Waals surface area contributed by atoms with E-state index in [-0.39, 0.29) is 42.7 Å². The molecule has 0 fully saturated rings. The molecular formula is C47H36N2O6. The van der Waals surface area contributed by atoms with Gasteiger partial charge in [0.05, 0.1) is 6.54 Å². The van der Waals surface area contributed by atoms with Crippen LogP contribution in [0.15, 0.2) is 146 Å². The van der Waals surface area contributed by atoms with E-state index in [1.54, 1.807) is 84.9 Å². The van der Waals surface area contributed by atoms with Crippen molar-refractivity contribution >= 4 is 29.3 Å². The Morgan fingerprint density at radius 1 is 0.691 bits per heavy atom. The number of aliphatic carboxylic acids is 1. The molecule has 3 N–H and O–H groups in total. The number of hydrogen-bond donors (Lipinski definition) is 2. The van der Waals surface area contributed by atoms with E-state index in [1.807, 2.05) is 60.7 Å². The quantitative estimate of drug-likeness (QED) is 0.0739. The summed E-state index contributed by atoms with van der Waals surface area (Å²) >= 11 is 0. The second kappa shape index (κ2) is 15.8. The molecule has 0 unspecified atom stereocenters. The first kappa shape index (κ1) is 36.1. The second-order valence-electron chi connectivity index (χ2n) is 13.2. The molecule has 7 rings (SSSR count). The van der Waals surface area contributed by atoms with Crippen LogP contribution in [0.3, 0.4) is 0 Å². The molecule has 0 aliphatic heterocycles. The molecule has 8 nitrogen and oxygen atoms in total. The molecule has 0 spiro atoms. The smallest absolute Gasteiger partial charge is 0.411 e. The van der Waals surface area contributed by atoms with Crippen molar-refractivity contribution in [1.82, 2.24) is 4.90 Å². The number of terminal acetylenes is 1. The van der Waals surface area contributed by atoms with Gasteiger partial charge in [-0.05, 0) is 39.4 Å². The van der Waals surface area contributed by atoms with Crippen LogP contribution in [0, 0.1) is 12.3 Å². The van der Waals surface area contributed by atoms with Gasteiger partial charge in [0.25, 0.3) is 0 Å². The number of ketones is 2. The summed E-state index contributed by atoms with van der Waals surface area (Å²) in [6, 6.07) is 41.9. The van der Waals surface area contributed by atoms with E-state index >= 15 is 0 Å². The standard InChI is InChI=1S/C47H36N2O6/c1-2-27-49(47(54)55-29-40-37-19-11-9-17-35(37)36-18-10-12-20-38(36)40)41(46(52)53)28-34-25-26-39(45(51)32-15-7-4-8-16-32)42(43(34)48)30-21-23-33(24-22-30)44(50)31-13-5-3-6-14-31/h1,3-26,40-41H,27-29,48H2,(H,52,53)/t41-/m0/s1. The normalized spacial score (nSPS) is 12.1. The van der Waals surface area contributed by atoms with Crippen LogP contribution >= 0.6 is 0 Å². The fraction of sp³-hybridized carbons (Fsp3) is 0.106. The summed E-state index contributed by atoms with van der Waals surface area (Å²) in [4.78, 5) is 54.8. The maximum Gasteiger partial charge on any atom is 0.411 e. The van der Waals surface area contributed by atoms with E-state index in [0.717, 1.165) is 27.2 Å². The predicted molar refractivity (Wildman–Crippen MR) is 212 cm³/mol. The maximum absolute atomic E-state index is 13.9. The number of anilines is 1. The Hall–Kier alpha value is -7.24. The first-order valence-corrected chi connectivity index (χ1v) is 17.8. The summed E-state index contributed by atoms with van der Waals surface area (Å²) in [5.41, 5.74) is 14.2. The van der Waals surface area contributed by atoms with Crippen LogP contribution in [0.4, 0.5) is 10.5 Å². The monoisotopic (exact) mass is 724 g/mol. The zero-order valence-electron chi connectivity index (χ0n) is 29.7. The lowest BCUT2D eigenvalue weighted by Gasteiger charge is -2.28. The van der Waals surface area contributed by atoms with E-state index < -0.39 is 18.1 Å². The number of hydrogen-bond acceptors (Lipinski definition) is 6. The number of nitrogen functional groups attached to an aromatic ring is 1. The third-order valence-electron chi connectivity index (χ3n) is 9.99. The summed E-state index contributed by atoms with van der Waals surface area (Å²) in [7, 11) is 0. The Kier molecular flexibility index (Phi) is 10.4. The Morgan fingerprint density at radius 3 is 1.78 bits per heavy atom. The molecule has 1 atom stereocenters. The number of carboxylic acid groups (broad SMARTS) is 1. The number of ether oxygens (including phenoxy) is 1. The number of carboxylic acids is 1. The Balaban J connectivity index is 1.20. The lowest BCUT2D eigenvalue weighted by molar-refractivity contribution is -0.142. The van der Waals surface area contributed by atoms with Gasteiger partial charge in [0, 0.05) is 45.8 Å². The van der Waals surface area contributed by atoms with Crippen LogP contribution in [0.25, 0.3) is 22.3 Å². The molecule has 1 aliphatic rings. The van der Waals surface area contributed by atoms with Crippen LogP contribution in [-0.4, -0.2) is 52.8 Å². The lowest BCUT2D eigenvalue weighted by Crippen LogP contribution is -2.47. The fourth-order valence-corrected chi connectivity index (χ4v) is 7.25. The minimum atomic E-state index is -1.46. The largest absolute Gasteiger partial charge is 0.480 e. The molecule has 0 bridgehead atoms. The van der Waals surface area contributed by atoms with Crippen LogP contribution in [0.2, 0.25) is 0 Å². The van der Waals surface area contributed by atoms with Gasteiger partial charge >= 0.3 is 12.1 Å². The van der Waals surface area contributed by atoms with E-state index in [9.17, 15) is 24.3 Å². The van der Waals surface area contributed by atoms with Gasteiger partial charge in [0.1, 0.15) is 12.6 Å². The van der Waals surface area contributed by atoms with Crippen molar-refractivity contribution in [2.45, 2.75) is 18.4 Å². The maximum atomic E-state index is 13.9. The summed E-state index contributed by atoms with van der Waals surface area (Å²) in [6.07, 6.45) is 4.57. The molecule has 8 heteroatoms. The van der Waals surface area contributed by atoms with Crippen molar-refractivity contribution in [3.63, 3.8) is 0 Å². The van der Waals surface area contributed by atoms with Gasteiger partial charge in [-0.1, -0.05) is 145 Å². The van der Waals surface area contributed by atoms with Crippen LogP contribution in [0.5, 0.6) is 0 Å². The Labute approximate surface area is 318 Å². The molecule has 270 valence electrons. The zero-order chi connectivity index (χ0) is 38.5. The molecular weight excluding hydrogens is 689 g/mol. The first-order chi connectivity index (χ1) is 26.8. The molecule has 0 radical (unpaired) electrons. The van der Waals surface area contributed by atoms with Crippen molar-refractivity contribution in [3.8, 4) is 34.6 Å². The van der Waals surface area contributed by atoms with Gasteiger partial charge in [-0.2, -0.15) is 0 Å². The number of nitrogens with two attached hydrogens (primary N) is 1. The summed E-state index contributed by atoms with van der Waals surface area (Å²) in [5, 5.41) is 10.5. The highest BCUT2D eigenvalue weighted by Gasteiger charge is 2.34. The third kappa shape index (κ3) is 7.24. The number of amides is 1. The highest BCUT2D eigenvalue weighted by Crippen LogP contribution is 2.44. The molecule has 0 aromatic heterocycles. The number of fused-ring (bicyclic) bond motifs is 3. The SMILES string of the molecule is C#CCN(C(=O)OCC1c2ccccc2-c2ccccc21)[C@@H](Cc1ccc(C(=O)c2ccccc2)c(-c2ccc(C(=O)c3ccccc3)cc2)c1N)C(=O)O. The third-order valence-corrected chi connectivity index (χ3v) is 9.99. The van der Waals surface area contributed by atoms with Gasteiger partial charge < -0.3 is 15.6 Å². The molecule has 6 aromatic carbocycles. The number of benzene rings is 6. The van der Waals surface area contributed by atoms with Crippen LogP contribution in [0.1, 0.15) is 54.5 Å². The molecule has 55 heavy (non-hydrogen) atoms. The summed E-state index contributed by atoms with van der Waals surface area (Å²) in [6.45, 7) is -0.354. The highest BCUT2D eigenvalue weighted by atomic mass is 16.6. The second-order valence-corrected chi connectivity index (χ2v) is 13.2. The molecule has 1 amide bonds. The van der Waals surface area contributed by atoms with Crippen molar-refractivity contribution in [2.75, 3.05) is 18.9 Å². The number of carbonyl (C=O) groups excluding carboxylic acids is 3.